The minimum absolute atomic E-state index is 0.0403. The van der Waals surface area contributed by atoms with Crippen molar-refractivity contribution in [3.8, 4) is 11.3 Å². The minimum Gasteiger partial charge on any atom is -0.463 e. The predicted octanol–water partition coefficient (Wildman–Crippen LogP) is 3.12. The lowest BCUT2D eigenvalue weighted by molar-refractivity contribution is -0.266. The Bertz CT molecular complexity index is 657. The molecule has 2 heterocycles. The Morgan fingerprint density at radius 1 is 1.36 bits per heavy atom. The van der Waals surface area contributed by atoms with Crippen LogP contribution in [0.25, 0.3) is 11.3 Å². The van der Waals surface area contributed by atoms with Crippen LogP contribution in [0.15, 0.2) is 35.8 Å². The van der Waals surface area contributed by atoms with E-state index in [4.69, 9.17) is 0 Å². The lowest BCUT2D eigenvalue weighted by atomic mass is 9.96. The van der Waals surface area contributed by atoms with Gasteiger partial charge in [0.25, 0.3) is 5.60 Å². The van der Waals surface area contributed by atoms with Gasteiger partial charge in [-0.25, -0.2) is 4.79 Å². The van der Waals surface area contributed by atoms with Crippen LogP contribution in [0.2, 0.25) is 0 Å². The van der Waals surface area contributed by atoms with Crippen LogP contribution in [0.5, 0.6) is 0 Å². The van der Waals surface area contributed by atoms with Crippen molar-refractivity contribution in [1.82, 2.24) is 4.98 Å². The molecule has 22 heavy (non-hydrogen) atoms. The van der Waals surface area contributed by atoms with Gasteiger partial charge in [-0.1, -0.05) is 6.07 Å². The van der Waals surface area contributed by atoms with E-state index in [1.54, 1.807) is 12.1 Å². The maximum Gasteiger partial charge on any atom is 0.433 e. The molecule has 0 spiro atoms. The summed E-state index contributed by atoms with van der Waals surface area (Å²) < 4.78 is 44.5. The number of nitrogens with zero attached hydrogens (tertiary/aromatic N) is 1. The molecule has 0 aliphatic rings. The Morgan fingerprint density at radius 3 is 2.64 bits per heavy atom. The fourth-order valence-electron chi connectivity index (χ4n) is 1.89. The quantitative estimate of drug-likeness (QED) is 0.875. The summed E-state index contributed by atoms with van der Waals surface area (Å²) in [6.45, 7) is 1.09. The molecular weight excluding hydrogens is 319 g/mol. The van der Waals surface area contributed by atoms with Crippen LogP contribution in [0.1, 0.15) is 11.8 Å². The molecule has 0 radical (unpaired) electrons. The standard InChI is InChI=1S/C14H12F3NO3S/c1-2-21-12(19)13(20,14(15,16)17)11-9(6-8-22-11)10-5-3-4-7-18-10/h3-8,20H,2H2,1H3. The van der Waals surface area contributed by atoms with Crippen molar-refractivity contribution < 1.29 is 27.8 Å². The Balaban J connectivity index is 2.61. The molecule has 118 valence electrons. The summed E-state index contributed by atoms with van der Waals surface area (Å²) >= 11 is 0.622. The molecule has 1 N–H and O–H groups in total. The van der Waals surface area contributed by atoms with Crippen LogP contribution in [0.3, 0.4) is 0 Å². The average Bonchev–Trinajstić information content (AvgIpc) is 2.96. The summed E-state index contributed by atoms with van der Waals surface area (Å²) in [5.74, 6) is -1.75. The Morgan fingerprint density at radius 2 is 2.09 bits per heavy atom. The van der Waals surface area contributed by atoms with E-state index in [0.29, 0.717) is 11.3 Å². The van der Waals surface area contributed by atoms with Crippen LogP contribution in [0.4, 0.5) is 13.2 Å². The minimum atomic E-state index is -5.21. The SMILES string of the molecule is CCOC(=O)C(O)(c1sccc1-c1ccccn1)C(F)(F)F. The number of hydrogen-bond donors (Lipinski definition) is 1. The smallest absolute Gasteiger partial charge is 0.433 e. The zero-order valence-corrected chi connectivity index (χ0v) is 12.2. The van der Waals surface area contributed by atoms with E-state index in [0.717, 1.165) is 0 Å². The monoisotopic (exact) mass is 331 g/mol. The van der Waals surface area contributed by atoms with E-state index < -0.39 is 22.6 Å². The summed E-state index contributed by atoms with van der Waals surface area (Å²) in [6.07, 6.45) is -3.80. The van der Waals surface area contributed by atoms with Crippen molar-refractivity contribution >= 4 is 17.3 Å². The Kier molecular flexibility index (Phi) is 4.52. The fourth-order valence-corrected chi connectivity index (χ4v) is 2.90. The van der Waals surface area contributed by atoms with Crippen LogP contribution in [-0.2, 0) is 15.1 Å². The number of esters is 1. The van der Waals surface area contributed by atoms with E-state index in [1.165, 1.54) is 30.6 Å². The third-order valence-electron chi connectivity index (χ3n) is 2.92. The van der Waals surface area contributed by atoms with Gasteiger partial charge in [0, 0.05) is 11.8 Å². The van der Waals surface area contributed by atoms with Gasteiger partial charge in [-0.15, -0.1) is 11.3 Å². The summed E-state index contributed by atoms with van der Waals surface area (Å²) in [7, 11) is 0. The van der Waals surface area contributed by atoms with Crippen molar-refractivity contribution in [2.24, 2.45) is 0 Å². The summed E-state index contributed by atoms with van der Waals surface area (Å²) in [5.41, 5.74) is -3.45. The highest BCUT2D eigenvalue weighted by Gasteiger charge is 2.63. The molecular formula is C14H12F3NO3S. The lowest BCUT2D eigenvalue weighted by Crippen LogP contribution is -2.50. The topological polar surface area (TPSA) is 59.4 Å². The molecule has 0 bridgehead atoms. The number of aliphatic hydroxyl groups is 1. The zero-order valence-electron chi connectivity index (χ0n) is 11.4. The van der Waals surface area contributed by atoms with Crippen LogP contribution >= 0.6 is 11.3 Å². The second-order valence-electron chi connectivity index (χ2n) is 4.31. The van der Waals surface area contributed by atoms with Gasteiger partial charge < -0.3 is 9.84 Å². The van der Waals surface area contributed by atoms with E-state index in [9.17, 15) is 23.1 Å². The number of aromatic nitrogens is 1. The number of thiophene rings is 1. The number of carbonyl (C=O) groups excluding carboxylic acids is 1. The highest BCUT2D eigenvalue weighted by atomic mass is 32.1. The number of ether oxygens (including phenoxy) is 1. The van der Waals surface area contributed by atoms with Crippen molar-refractivity contribution in [3.63, 3.8) is 0 Å². The van der Waals surface area contributed by atoms with Crippen molar-refractivity contribution in [2.45, 2.75) is 18.7 Å². The van der Waals surface area contributed by atoms with Gasteiger partial charge in [0.1, 0.15) is 0 Å². The first-order valence-corrected chi connectivity index (χ1v) is 7.16. The van der Waals surface area contributed by atoms with E-state index >= 15 is 0 Å². The molecule has 0 saturated heterocycles. The predicted molar refractivity (Wildman–Crippen MR) is 74.1 cm³/mol. The molecule has 0 aliphatic heterocycles. The molecule has 1 unspecified atom stereocenters. The number of rotatable bonds is 4. The maximum absolute atomic E-state index is 13.4. The zero-order chi connectivity index (χ0) is 16.4. The van der Waals surface area contributed by atoms with E-state index in [2.05, 4.69) is 9.72 Å². The number of alkyl halides is 3. The number of hydrogen-bond acceptors (Lipinski definition) is 5. The molecule has 0 saturated carbocycles. The second-order valence-corrected chi connectivity index (χ2v) is 5.22. The van der Waals surface area contributed by atoms with Gasteiger partial charge in [0.15, 0.2) is 0 Å². The molecule has 4 nitrogen and oxygen atoms in total. The highest BCUT2D eigenvalue weighted by molar-refractivity contribution is 7.10. The third-order valence-corrected chi connectivity index (χ3v) is 3.94. The molecule has 8 heteroatoms. The highest BCUT2D eigenvalue weighted by Crippen LogP contribution is 2.46. The molecule has 0 fully saturated rings. The van der Waals surface area contributed by atoms with Gasteiger partial charge in [0.2, 0.25) is 0 Å². The van der Waals surface area contributed by atoms with Gasteiger partial charge in [0.05, 0.1) is 17.2 Å². The largest absolute Gasteiger partial charge is 0.463 e. The Hall–Kier alpha value is -1.93. The molecule has 0 aromatic carbocycles. The van der Waals surface area contributed by atoms with Gasteiger partial charge in [-0.3, -0.25) is 4.98 Å². The van der Waals surface area contributed by atoms with Gasteiger partial charge in [-0.05, 0) is 30.5 Å². The van der Waals surface area contributed by atoms with E-state index in [1.807, 2.05) is 0 Å². The first kappa shape index (κ1) is 16.4. The first-order chi connectivity index (χ1) is 10.3. The van der Waals surface area contributed by atoms with Gasteiger partial charge in [-0.2, -0.15) is 13.2 Å². The average molecular weight is 331 g/mol. The third kappa shape index (κ3) is 2.71. The van der Waals surface area contributed by atoms with Crippen molar-refractivity contribution in [3.05, 3.63) is 40.7 Å². The summed E-state index contributed by atoms with van der Waals surface area (Å²) in [5, 5.41) is 11.5. The Labute approximate surface area is 128 Å². The molecule has 0 aliphatic carbocycles. The number of carbonyl (C=O) groups is 1. The molecule has 0 amide bonds. The second kappa shape index (κ2) is 6.05. The first-order valence-electron chi connectivity index (χ1n) is 6.28. The van der Waals surface area contributed by atoms with Gasteiger partial charge >= 0.3 is 12.1 Å². The van der Waals surface area contributed by atoms with Crippen molar-refractivity contribution in [2.75, 3.05) is 6.61 Å². The molecule has 2 aromatic heterocycles. The number of pyridine rings is 1. The summed E-state index contributed by atoms with van der Waals surface area (Å²) in [6, 6.07) is 6.07. The van der Waals surface area contributed by atoms with Crippen LogP contribution in [0, 0.1) is 0 Å². The number of halogens is 3. The molecule has 2 aromatic rings. The maximum atomic E-state index is 13.4. The molecule has 1 atom stereocenters. The van der Waals surface area contributed by atoms with Crippen LogP contribution in [-0.4, -0.2) is 28.8 Å². The van der Waals surface area contributed by atoms with Crippen LogP contribution < -0.4 is 0 Å². The van der Waals surface area contributed by atoms with E-state index in [-0.39, 0.29) is 17.9 Å². The van der Waals surface area contributed by atoms with Crippen molar-refractivity contribution in [1.29, 1.82) is 0 Å². The normalized spacial score (nSPS) is 14.4. The molecule has 2 rings (SSSR count). The summed E-state index contributed by atoms with van der Waals surface area (Å²) in [4.78, 5) is 15.2. The lowest BCUT2D eigenvalue weighted by Gasteiger charge is -2.28. The fraction of sp³-hybridized carbons (Fsp3) is 0.286.